The van der Waals surface area contributed by atoms with Gasteiger partial charge in [0, 0.05) is 23.1 Å². The van der Waals surface area contributed by atoms with Crippen molar-refractivity contribution in [2.24, 2.45) is 17.6 Å². The summed E-state index contributed by atoms with van der Waals surface area (Å²) >= 11 is 0. The molecule has 1 aromatic rings. The topological polar surface area (TPSA) is 203 Å². The Morgan fingerprint density at radius 3 is 2.46 bits per heavy atom. The van der Waals surface area contributed by atoms with Crippen molar-refractivity contribution in [1.29, 1.82) is 0 Å². The van der Waals surface area contributed by atoms with Crippen LogP contribution in [0.4, 0.5) is 5.69 Å². The number of nitrogens with two attached hydrogens (primary N) is 1. The number of hydrogen-bond donors (Lipinski definition) is 6. The highest BCUT2D eigenvalue weighted by Gasteiger charge is 2.64. The summed E-state index contributed by atoms with van der Waals surface area (Å²) in [7, 11) is 6.28. The quantitative estimate of drug-likeness (QED) is 0.205. The number of carbonyl (C=O) groups excluding carboxylic acids is 4. The molecule has 220 valence electrons. The number of likely N-dealkylation sites (tertiary alicyclic amines) is 1. The zero-order valence-corrected chi connectivity index (χ0v) is 23.2. The maximum absolute atomic E-state index is 14.0. The Kier molecular flexibility index (Phi) is 6.87. The van der Waals surface area contributed by atoms with Crippen molar-refractivity contribution in [3.05, 3.63) is 34.1 Å². The molecule has 4 aliphatic rings. The first-order valence-corrected chi connectivity index (χ1v) is 13.3. The van der Waals surface area contributed by atoms with E-state index in [1.54, 1.807) is 0 Å². The van der Waals surface area contributed by atoms with Crippen molar-refractivity contribution >= 4 is 34.8 Å². The Balaban J connectivity index is 1.65. The first kappa shape index (κ1) is 28.6. The minimum Gasteiger partial charge on any atom is -0.508 e. The third-order valence-corrected chi connectivity index (χ3v) is 8.98. The third-order valence-electron chi connectivity index (χ3n) is 8.98. The van der Waals surface area contributed by atoms with Crippen molar-refractivity contribution < 1.29 is 44.3 Å². The molecule has 1 aromatic carbocycles. The molecule has 2 amide bonds. The maximum atomic E-state index is 14.0. The number of rotatable bonds is 5. The number of phenolic OH excluding ortho intramolecular Hbond substituents is 1. The first-order valence-electron chi connectivity index (χ1n) is 13.3. The Bertz CT molecular complexity index is 1450. The monoisotopic (exact) mass is 570 g/mol. The summed E-state index contributed by atoms with van der Waals surface area (Å²) < 4.78 is 5.55. The molecular formula is C28H34N4O9. The molecule has 7 N–H and O–H groups in total. The highest BCUT2D eigenvalue weighted by molar-refractivity contribution is 6.24. The van der Waals surface area contributed by atoms with Gasteiger partial charge in [-0.1, -0.05) is 0 Å². The van der Waals surface area contributed by atoms with Gasteiger partial charge in [0.15, 0.2) is 17.1 Å². The van der Waals surface area contributed by atoms with E-state index in [2.05, 4.69) is 5.32 Å². The van der Waals surface area contributed by atoms with Crippen LogP contribution >= 0.6 is 0 Å². The average Bonchev–Trinajstić information content (AvgIpc) is 3.33. The van der Waals surface area contributed by atoms with Crippen LogP contribution in [0.1, 0.15) is 30.4 Å². The van der Waals surface area contributed by atoms with Gasteiger partial charge in [-0.05, 0) is 59.3 Å². The van der Waals surface area contributed by atoms with E-state index < -0.39 is 69.8 Å². The van der Waals surface area contributed by atoms with Crippen LogP contribution in [0.3, 0.4) is 0 Å². The fourth-order valence-electron chi connectivity index (χ4n) is 7.01. The molecule has 1 saturated carbocycles. The molecule has 13 nitrogen and oxygen atoms in total. The molecule has 1 aliphatic heterocycles. The van der Waals surface area contributed by atoms with Crippen LogP contribution in [0.2, 0.25) is 0 Å². The minimum atomic E-state index is -2.73. The highest BCUT2D eigenvalue weighted by atomic mass is 16.5. The van der Waals surface area contributed by atoms with Gasteiger partial charge in [-0.3, -0.25) is 29.0 Å². The van der Waals surface area contributed by atoms with Gasteiger partial charge in [0.1, 0.15) is 22.8 Å². The zero-order chi connectivity index (χ0) is 30.1. The zero-order valence-electron chi connectivity index (χ0n) is 23.2. The largest absolute Gasteiger partial charge is 0.508 e. The highest BCUT2D eigenvalue weighted by Crippen LogP contribution is 2.54. The molecule has 41 heavy (non-hydrogen) atoms. The van der Waals surface area contributed by atoms with Crippen LogP contribution < -0.4 is 15.8 Å². The number of nitrogens with zero attached hydrogens (tertiary/aromatic N) is 2. The van der Waals surface area contributed by atoms with Gasteiger partial charge in [-0.15, -0.1) is 0 Å². The fraction of sp³-hybridized carbons (Fsp3) is 0.500. The van der Waals surface area contributed by atoms with Crippen LogP contribution in [0.5, 0.6) is 11.5 Å². The van der Waals surface area contributed by atoms with E-state index in [0.717, 1.165) is 13.0 Å². The molecule has 1 saturated heterocycles. The number of aromatic hydroxyl groups is 1. The van der Waals surface area contributed by atoms with Crippen molar-refractivity contribution in [1.82, 2.24) is 9.80 Å². The van der Waals surface area contributed by atoms with Crippen molar-refractivity contribution in [3.63, 3.8) is 0 Å². The summed E-state index contributed by atoms with van der Waals surface area (Å²) in [6.45, 7) is 0.747. The number of carbonyl (C=O) groups is 4. The van der Waals surface area contributed by atoms with E-state index in [4.69, 9.17) is 10.5 Å². The lowest BCUT2D eigenvalue weighted by atomic mass is 9.57. The molecule has 13 heteroatoms. The average molecular weight is 571 g/mol. The maximum Gasteiger partial charge on any atom is 0.255 e. The van der Waals surface area contributed by atoms with Crippen molar-refractivity contribution in [3.8, 4) is 11.5 Å². The van der Waals surface area contributed by atoms with Crippen LogP contribution in [-0.2, 0) is 25.6 Å². The number of anilines is 1. The first-order chi connectivity index (χ1) is 19.2. The SMILES string of the molecule is COc1cc(NC(=O)[C@@H]2CCCN2C)c(O)c2c1C[C@H]1C[C@H]3[C@H](N(C)C)C(=O)C(C(N)=O)=C(O)[C@@]3(O)C(=O)C1=C2O. The van der Waals surface area contributed by atoms with E-state index in [9.17, 15) is 39.6 Å². The van der Waals surface area contributed by atoms with E-state index in [1.165, 1.54) is 32.2 Å². The molecule has 0 spiro atoms. The second-order valence-electron chi connectivity index (χ2n) is 11.4. The van der Waals surface area contributed by atoms with E-state index in [-0.39, 0.29) is 41.3 Å². The number of Topliss-reactive ketones (excluding diaryl/α,β-unsaturated/α-hetero) is 2. The normalized spacial score (nSPS) is 29.8. The summed E-state index contributed by atoms with van der Waals surface area (Å²) in [5.74, 6) is -7.58. The summed E-state index contributed by atoms with van der Waals surface area (Å²) in [6, 6.07) is -0.137. The Labute approximate surface area is 235 Å². The molecular weight excluding hydrogens is 536 g/mol. The lowest BCUT2D eigenvalue weighted by Gasteiger charge is -2.50. The Morgan fingerprint density at radius 1 is 1.22 bits per heavy atom. The predicted octanol–water partition coefficient (Wildman–Crippen LogP) is 0.00530. The van der Waals surface area contributed by atoms with Crippen molar-refractivity contribution in [2.75, 3.05) is 40.1 Å². The number of amides is 2. The van der Waals surface area contributed by atoms with Gasteiger partial charge in [0.05, 0.1) is 30.4 Å². The number of aliphatic hydroxyl groups is 3. The summed E-state index contributed by atoms with van der Waals surface area (Å²) in [6.07, 6.45) is 1.51. The number of benzene rings is 1. The van der Waals surface area contributed by atoms with Crippen LogP contribution in [0, 0.1) is 11.8 Å². The van der Waals surface area contributed by atoms with Gasteiger partial charge in [-0.2, -0.15) is 0 Å². The number of fused-ring (bicyclic) bond motifs is 3. The van der Waals surface area contributed by atoms with E-state index in [1.807, 2.05) is 11.9 Å². The Hall–Kier alpha value is -3.94. The number of primary amides is 1. The van der Waals surface area contributed by atoms with Gasteiger partial charge in [0.25, 0.3) is 5.91 Å². The van der Waals surface area contributed by atoms with E-state index >= 15 is 0 Å². The van der Waals surface area contributed by atoms with Crippen LogP contribution in [-0.4, -0.2) is 106 Å². The fourth-order valence-corrected chi connectivity index (χ4v) is 7.01. The van der Waals surface area contributed by atoms with Crippen LogP contribution in [0.25, 0.3) is 5.76 Å². The number of methoxy groups -OCH3 is 1. The van der Waals surface area contributed by atoms with Crippen molar-refractivity contribution in [2.45, 2.75) is 43.4 Å². The number of aliphatic hydroxyl groups excluding tert-OH is 2. The number of phenols is 1. The molecule has 2 fully saturated rings. The number of ketones is 2. The van der Waals surface area contributed by atoms with Gasteiger partial charge in [0.2, 0.25) is 11.7 Å². The lowest BCUT2D eigenvalue weighted by Crippen LogP contribution is -2.65. The lowest BCUT2D eigenvalue weighted by molar-refractivity contribution is -0.153. The molecule has 1 heterocycles. The molecule has 0 aromatic heterocycles. The minimum absolute atomic E-state index is 0.0361. The second-order valence-corrected chi connectivity index (χ2v) is 11.4. The smallest absolute Gasteiger partial charge is 0.255 e. The number of ether oxygens (including phenoxy) is 1. The standard InChI is InChI=1S/C28H34N4O9/c1-31(2)20-13-9-11-8-12-16(41-4)10-14(30-27(39)15-6-5-7-32(15)3)21(33)18(12)22(34)17(11)24(36)28(13,40)25(37)19(23(20)35)26(29)38/h10-11,13,15,20,33-34,37,40H,5-9H2,1-4H3,(H2,29,38)(H,30,39)/t11-,13-,15-,20-,28-/m0/s1. The third kappa shape index (κ3) is 4.02. The number of nitrogens with one attached hydrogen (secondary N) is 1. The van der Waals surface area contributed by atoms with E-state index in [0.29, 0.717) is 12.0 Å². The molecule has 0 radical (unpaired) electrons. The molecule has 5 rings (SSSR count). The molecule has 5 atom stereocenters. The Morgan fingerprint density at radius 2 is 1.90 bits per heavy atom. The summed E-state index contributed by atoms with van der Waals surface area (Å²) in [5.41, 5.74) is 1.64. The van der Waals surface area contributed by atoms with Crippen LogP contribution in [0.15, 0.2) is 23.0 Å². The van der Waals surface area contributed by atoms with Gasteiger partial charge < -0.3 is 36.2 Å². The number of likely N-dealkylation sites (N-methyl/N-ethyl adjacent to an activating group) is 2. The second kappa shape index (κ2) is 9.86. The predicted molar refractivity (Wildman–Crippen MR) is 145 cm³/mol. The van der Waals surface area contributed by atoms with Gasteiger partial charge in [-0.25, -0.2) is 0 Å². The molecule has 0 bridgehead atoms. The summed E-state index contributed by atoms with van der Waals surface area (Å²) in [4.78, 5) is 55.6. The molecule has 0 unspecified atom stereocenters. The summed E-state index contributed by atoms with van der Waals surface area (Å²) in [5, 5.41) is 48.1. The van der Waals surface area contributed by atoms with Gasteiger partial charge >= 0.3 is 0 Å². The molecule has 3 aliphatic carbocycles. The number of hydrogen-bond acceptors (Lipinski definition) is 11.